The molecule has 0 heterocycles. The fourth-order valence-electron chi connectivity index (χ4n) is 0.894. The first-order chi connectivity index (χ1) is 6.24. The van der Waals surface area contributed by atoms with Crippen molar-refractivity contribution in [3.63, 3.8) is 0 Å². The standard InChI is InChI=1S/C9H13ClN2S/c1-12-4-5-13-9-6-7(11)2-3-8(9)10/h2-3,6,12H,4-5,11H2,1H3. The highest BCUT2D eigenvalue weighted by atomic mass is 35.5. The minimum Gasteiger partial charge on any atom is -0.399 e. The number of halogens is 1. The molecule has 0 spiro atoms. The van der Waals surface area contributed by atoms with Crippen molar-refractivity contribution in [1.82, 2.24) is 5.32 Å². The molecule has 0 aromatic heterocycles. The normalized spacial score (nSPS) is 10.3. The van der Waals surface area contributed by atoms with E-state index >= 15 is 0 Å². The third-order valence-corrected chi connectivity index (χ3v) is 3.06. The molecule has 13 heavy (non-hydrogen) atoms. The number of benzene rings is 1. The molecule has 72 valence electrons. The second kappa shape index (κ2) is 5.37. The first kappa shape index (κ1) is 10.7. The van der Waals surface area contributed by atoms with E-state index < -0.39 is 0 Å². The average Bonchev–Trinajstić information content (AvgIpc) is 2.11. The summed E-state index contributed by atoms with van der Waals surface area (Å²) in [6, 6.07) is 5.55. The molecule has 0 fully saturated rings. The van der Waals surface area contributed by atoms with Gasteiger partial charge in [0, 0.05) is 22.9 Å². The van der Waals surface area contributed by atoms with Gasteiger partial charge in [-0.05, 0) is 25.2 Å². The van der Waals surface area contributed by atoms with Gasteiger partial charge in [-0.25, -0.2) is 0 Å². The van der Waals surface area contributed by atoms with Crippen LogP contribution in [0.25, 0.3) is 0 Å². The zero-order chi connectivity index (χ0) is 9.68. The van der Waals surface area contributed by atoms with Crippen molar-refractivity contribution in [2.45, 2.75) is 4.90 Å². The van der Waals surface area contributed by atoms with E-state index in [9.17, 15) is 0 Å². The third-order valence-electron chi connectivity index (χ3n) is 1.56. The number of anilines is 1. The molecule has 0 saturated carbocycles. The van der Waals surface area contributed by atoms with Crippen molar-refractivity contribution in [2.24, 2.45) is 0 Å². The minimum atomic E-state index is 0.761. The largest absolute Gasteiger partial charge is 0.399 e. The van der Waals surface area contributed by atoms with E-state index in [1.54, 1.807) is 11.8 Å². The van der Waals surface area contributed by atoms with E-state index in [1.165, 1.54) is 0 Å². The van der Waals surface area contributed by atoms with Crippen LogP contribution >= 0.6 is 23.4 Å². The van der Waals surface area contributed by atoms with Gasteiger partial charge in [-0.2, -0.15) is 0 Å². The van der Waals surface area contributed by atoms with Gasteiger partial charge in [0.25, 0.3) is 0 Å². The van der Waals surface area contributed by atoms with Gasteiger partial charge in [-0.15, -0.1) is 11.8 Å². The zero-order valence-corrected chi connectivity index (χ0v) is 9.08. The number of hydrogen-bond donors (Lipinski definition) is 2. The molecule has 1 aromatic carbocycles. The van der Waals surface area contributed by atoms with Crippen LogP contribution < -0.4 is 11.1 Å². The molecule has 0 unspecified atom stereocenters. The van der Waals surface area contributed by atoms with Crippen LogP contribution in [0.1, 0.15) is 0 Å². The van der Waals surface area contributed by atoms with Crippen molar-refractivity contribution >= 4 is 29.1 Å². The number of nitrogens with one attached hydrogen (secondary N) is 1. The lowest BCUT2D eigenvalue weighted by atomic mass is 10.3. The topological polar surface area (TPSA) is 38.0 Å². The van der Waals surface area contributed by atoms with Gasteiger partial charge in [-0.1, -0.05) is 11.6 Å². The van der Waals surface area contributed by atoms with Crippen LogP contribution in [0.2, 0.25) is 5.02 Å². The summed E-state index contributed by atoms with van der Waals surface area (Å²) < 4.78 is 0. The Balaban J connectivity index is 2.59. The Morgan fingerprint density at radius 1 is 1.54 bits per heavy atom. The lowest BCUT2D eigenvalue weighted by molar-refractivity contribution is 0.872. The molecule has 3 N–H and O–H groups in total. The molecule has 0 aliphatic heterocycles. The van der Waals surface area contributed by atoms with E-state index in [1.807, 2.05) is 25.2 Å². The van der Waals surface area contributed by atoms with E-state index in [2.05, 4.69) is 5.32 Å². The number of thioether (sulfide) groups is 1. The van der Waals surface area contributed by atoms with Crippen molar-refractivity contribution in [3.05, 3.63) is 23.2 Å². The molecule has 1 rings (SSSR count). The fourth-order valence-corrected chi connectivity index (χ4v) is 2.13. The molecule has 0 amide bonds. The zero-order valence-electron chi connectivity index (χ0n) is 7.51. The van der Waals surface area contributed by atoms with E-state index in [-0.39, 0.29) is 0 Å². The molecule has 0 radical (unpaired) electrons. The van der Waals surface area contributed by atoms with Gasteiger partial charge < -0.3 is 11.1 Å². The van der Waals surface area contributed by atoms with Crippen LogP contribution in [-0.2, 0) is 0 Å². The molecule has 1 aromatic rings. The second-order valence-electron chi connectivity index (χ2n) is 2.64. The summed E-state index contributed by atoms with van der Waals surface area (Å²) in [7, 11) is 1.93. The number of nitrogens with two attached hydrogens (primary N) is 1. The first-order valence-electron chi connectivity index (χ1n) is 4.06. The molecule has 4 heteroatoms. The van der Waals surface area contributed by atoms with Gasteiger partial charge in [0.2, 0.25) is 0 Å². The maximum atomic E-state index is 5.98. The number of rotatable bonds is 4. The molecule has 0 bridgehead atoms. The summed E-state index contributed by atoms with van der Waals surface area (Å²) in [5.41, 5.74) is 6.40. The van der Waals surface area contributed by atoms with Crippen LogP contribution in [0.15, 0.2) is 23.1 Å². The third kappa shape index (κ3) is 3.46. The van der Waals surface area contributed by atoms with Gasteiger partial charge in [0.05, 0.1) is 5.02 Å². The van der Waals surface area contributed by atoms with Gasteiger partial charge >= 0.3 is 0 Å². The second-order valence-corrected chi connectivity index (χ2v) is 4.19. The monoisotopic (exact) mass is 216 g/mol. The highest BCUT2D eigenvalue weighted by Crippen LogP contribution is 2.28. The minimum absolute atomic E-state index is 0.761. The van der Waals surface area contributed by atoms with Crippen molar-refractivity contribution < 1.29 is 0 Å². The van der Waals surface area contributed by atoms with Crippen LogP contribution in [-0.4, -0.2) is 19.3 Å². The lowest BCUT2D eigenvalue weighted by Crippen LogP contribution is -2.09. The maximum Gasteiger partial charge on any atom is 0.0543 e. The summed E-state index contributed by atoms with van der Waals surface area (Å²) in [5, 5.41) is 3.85. The van der Waals surface area contributed by atoms with Gasteiger partial charge in [0.15, 0.2) is 0 Å². The smallest absolute Gasteiger partial charge is 0.0543 e. The van der Waals surface area contributed by atoms with E-state index in [4.69, 9.17) is 17.3 Å². The Morgan fingerprint density at radius 3 is 3.00 bits per heavy atom. The summed E-state index contributed by atoms with van der Waals surface area (Å²) >= 11 is 7.69. The Morgan fingerprint density at radius 2 is 2.31 bits per heavy atom. The lowest BCUT2D eigenvalue weighted by Gasteiger charge is -2.04. The maximum absolute atomic E-state index is 5.98. The van der Waals surface area contributed by atoms with E-state index in [0.717, 1.165) is 27.9 Å². The summed E-state index contributed by atoms with van der Waals surface area (Å²) in [6.07, 6.45) is 0. The van der Waals surface area contributed by atoms with Crippen molar-refractivity contribution in [3.8, 4) is 0 Å². The fraction of sp³-hybridized carbons (Fsp3) is 0.333. The molecule has 0 aliphatic rings. The SMILES string of the molecule is CNCCSc1cc(N)ccc1Cl. The van der Waals surface area contributed by atoms with Crippen LogP contribution in [0.4, 0.5) is 5.69 Å². The van der Waals surface area contributed by atoms with Crippen molar-refractivity contribution in [2.75, 3.05) is 25.1 Å². The van der Waals surface area contributed by atoms with Crippen LogP contribution in [0, 0.1) is 0 Å². The summed E-state index contributed by atoms with van der Waals surface area (Å²) in [6.45, 7) is 0.968. The number of nitrogen functional groups attached to an aromatic ring is 1. The first-order valence-corrected chi connectivity index (χ1v) is 5.43. The molecule has 0 saturated heterocycles. The Kier molecular flexibility index (Phi) is 4.42. The van der Waals surface area contributed by atoms with Crippen LogP contribution in [0.3, 0.4) is 0 Å². The Hall–Kier alpha value is -0.380. The molecular formula is C9H13ClN2S. The molecular weight excluding hydrogens is 204 g/mol. The number of hydrogen-bond acceptors (Lipinski definition) is 3. The summed E-state index contributed by atoms with van der Waals surface area (Å²) in [4.78, 5) is 1.05. The predicted molar refractivity (Wildman–Crippen MR) is 60.5 cm³/mol. The van der Waals surface area contributed by atoms with Gasteiger partial charge in [-0.3, -0.25) is 0 Å². The molecule has 0 atom stereocenters. The summed E-state index contributed by atoms with van der Waals surface area (Å²) in [5.74, 6) is 1.000. The quantitative estimate of drug-likeness (QED) is 0.461. The molecule has 2 nitrogen and oxygen atoms in total. The van der Waals surface area contributed by atoms with Crippen LogP contribution in [0.5, 0.6) is 0 Å². The molecule has 0 aliphatic carbocycles. The predicted octanol–water partition coefficient (Wildman–Crippen LogP) is 2.23. The Bertz CT molecular complexity index is 278. The Labute approximate surface area is 87.8 Å². The van der Waals surface area contributed by atoms with Crippen molar-refractivity contribution in [1.29, 1.82) is 0 Å². The highest BCUT2D eigenvalue weighted by molar-refractivity contribution is 7.99. The average molecular weight is 217 g/mol. The highest BCUT2D eigenvalue weighted by Gasteiger charge is 2.00. The van der Waals surface area contributed by atoms with E-state index in [0.29, 0.717) is 0 Å². The van der Waals surface area contributed by atoms with Gasteiger partial charge in [0.1, 0.15) is 0 Å².